The second-order valence-electron chi connectivity index (χ2n) is 4.13. The number of H-pyrrole nitrogens is 1. The molecule has 16 heavy (non-hydrogen) atoms. The summed E-state index contributed by atoms with van der Waals surface area (Å²) in [5.41, 5.74) is 1.26. The number of rotatable bonds is 5. The van der Waals surface area contributed by atoms with Crippen LogP contribution in [0, 0.1) is 5.82 Å². The van der Waals surface area contributed by atoms with Crippen LogP contribution in [-0.2, 0) is 6.42 Å². The number of fused-ring (bicyclic) bond motifs is 1. The number of hydrogen-bond acceptors (Lipinski definition) is 1. The number of benzene rings is 1. The summed E-state index contributed by atoms with van der Waals surface area (Å²) in [5.74, 6) is 0.657. The van der Waals surface area contributed by atoms with Crippen LogP contribution in [0.1, 0.15) is 38.4 Å². The zero-order valence-electron chi connectivity index (χ0n) is 9.59. The maximum atomic E-state index is 13.4. The van der Waals surface area contributed by atoms with E-state index >= 15 is 0 Å². The summed E-state index contributed by atoms with van der Waals surface area (Å²) in [6.07, 6.45) is 5.74. The number of unbranched alkanes of at least 4 members (excludes halogenated alkanes) is 3. The highest BCUT2D eigenvalue weighted by molar-refractivity contribution is 5.75. The SMILES string of the molecule is CCCCCCc1nc2c(F)cccc2[nH]1. The molecule has 2 nitrogen and oxygen atoms in total. The van der Waals surface area contributed by atoms with Gasteiger partial charge in [0.2, 0.25) is 0 Å². The fourth-order valence-electron chi connectivity index (χ4n) is 1.89. The van der Waals surface area contributed by atoms with E-state index in [1.165, 1.54) is 25.3 Å². The van der Waals surface area contributed by atoms with Gasteiger partial charge in [-0.3, -0.25) is 0 Å². The molecule has 0 bridgehead atoms. The Morgan fingerprint density at radius 3 is 2.88 bits per heavy atom. The van der Waals surface area contributed by atoms with Crippen LogP contribution in [0.3, 0.4) is 0 Å². The van der Waals surface area contributed by atoms with Gasteiger partial charge in [-0.2, -0.15) is 0 Å². The van der Waals surface area contributed by atoms with Gasteiger partial charge in [0.05, 0.1) is 5.52 Å². The van der Waals surface area contributed by atoms with Crippen LogP contribution in [0.15, 0.2) is 18.2 Å². The number of aromatic nitrogens is 2. The van der Waals surface area contributed by atoms with Gasteiger partial charge in [-0.1, -0.05) is 32.3 Å². The van der Waals surface area contributed by atoms with E-state index in [9.17, 15) is 4.39 Å². The van der Waals surface area contributed by atoms with Gasteiger partial charge in [-0.25, -0.2) is 9.37 Å². The first-order chi connectivity index (χ1) is 7.81. The lowest BCUT2D eigenvalue weighted by molar-refractivity contribution is 0.635. The van der Waals surface area contributed by atoms with Crippen molar-refractivity contribution in [1.82, 2.24) is 9.97 Å². The van der Waals surface area contributed by atoms with E-state index in [-0.39, 0.29) is 5.82 Å². The van der Waals surface area contributed by atoms with E-state index in [0.717, 1.165) is 24.2 Å². The zero-order chi connectivity index (χ0) is 11.4. The number of halogens is 1. The fourth-order valence-corrected chi connectivity index (χ4v) is 1.89. The molecule has 0 unspecified atom stereocenters. The molecule has 0 radical (unpaired) electrons. The van der Waals surface area contributed by atoms with Crippen molar-refractivity contribution in [2.24, 2.45) is 0 Å². The van der Waals surface area contributed by atoms with Gasteiger partial charge >= 0.3 is 0 Å². The van der Waals surface area contributed by atoms with Crippen LogP contribution in [0.2, 0.25) is 0 Å². The van der Waals surface area contributed by atoms with E-state index in [1.807, 2.05) is 6.07 Å². The minimum Gasteiger partial charge on any atom is -0.342 e. The van der Waals surface area contributed by atoms with Gasteiger partial charge in [-0.15, -0.1) is 0 Å². The van der Waals surface area contributed by atoms with E-state index in [2.05, 4.69) is 16.9 Å². The second kappa shape index (κ2) is 5.10. The fraction of sp³-hybridized carbons (Fsp3) is 0.462. The van der Waals surface area contributed by atoms with Crippen molar-refractivity contribution in [3.8, 4) is 0 Å². The van der Waals surface area contributed by atoms with E-state index < -0.39 is 0 Å². The smallest absolute Gasteiger partial charge is 0.151 e. The molecule has 2 aromatic rings. The molecule has 0 spiro atoms. The van der Waals surface area contributed by atoms with Crippen LogP contribution in [0.4, 0.5) is 4.39 Å². The van der Waals surface area contributed by atoms with Gasteiger partial charge in [0.1, 0.15) is 11.3 Å². The minimum atomic E-state index is -0.242. The molecular formula is C13H17FN2. The molecule has 0 aliphatic rings. The predicted molar refractivity (Wildman–Crippen MR) is 63.9 cm³/mol. The molecule has 1 N–H and O–H groups in total. The lowest BCUT2D eigenvalue weighted by Gasteiger charge is -1.95. The molecule has 0 amide bonds. The van der Waals surface area contributed by atoms with Crippen LogP contribution in [0.25, 0.3) is 11.0 Å². The highest BCUT2D eigenvalue weighted by atomic mass is 19.1. The number of aryl methyl sites for hydroxylation is 1. The van der Waals surface area contributed by atoms with Crippen LogP contribution in [0.5, 0.6) is 0 Å². The number of para-hydroxylation sites is 1. The number of aromatic amines is 1. The molecule has 1 heterocycles. The van der Waals surface area contributed by atoms with Gasteiger partial charge in [0.15, 0.2) is 5.82 Å². The number of imidazole rings is 1. The van der Waals surface area contributed by atoms with Crippen molar-refractivity contribution in [3.63, 3.8) is 0 Å². The number of hydrogen-bond donors (Lipinski definition) is 1. The summed E-state index contributed by atoms with van der Waals surface area (Å²) in [7, 11) is 0. The van der Waals surface area contributed by atoms with Crippen LogP contribution < -0.4 is 0 Å². The first kappa shape index (κ1) is 11.1. The lowest BCUT2D eigenvalue weighted by Crippen LogP contribution is -1.88. The summed E-state index contributed by atoms with van der Waals surface area (Å²) >= 11 is 0. The molecule has 1 aromatic carbocycles. The Morgan fingerprint density at radius 2 is 2.12 bits per heavy atom. The second-order valence-corrected chi connectivity index (χ2v) is 4.13. The van der Waals surface area contributed by atoms with Crippen LogP contribution >= 0.6 is 0 Å². The zero-order valence-corrected chi connectivity index (χ0v) is 9.59. The molecule has 86 valence electrons. The summed E-state index contributed by atoms with van der Waals surface area (Å²) in [6.45, 7) is 2.19. The standard InChI is InChI=1S/C13H17FN2/c1-2-3-4-5-9-12-15-11-8-6-7-10(14)13(11)16-12/h6-8H,2-5,9H2,1H3,(H,15,16). The Labute approximate surface area is 94.9 Å². The quantitative estimate of drug-likeness (QED) is 0.762. The average molecular weight is 220 g/mol. The molecule has 0 saturated carbocycles. The van der Waals surface area contributed by atoms with Gasteiger partial charge < -0.3 is 4.98 Å². The third-order valence-corrected chi connectivity index (χ3v) is 2.78. The minimum absolute atomic E-state index is 0.242. The first-order valence-electron chi connectivity index (χ1n) is 5.94. The Hall–Kier alpha value is -1.38. The van der Waals surface area contributed by atoms with E-state index in [0.29, 0.717) is 5.52 Å². The highest BCUT2D eigenvalue weighted by Crippen LogP contribution is 2.16. The van der Waals surface area contributed by atoms with Crippen molar-refractivity contribution >= 4 is 11.0 Å². The maximum absolute atomic E-state index is 13.4. The molecule has 3 heteroatoms. The normalized spacial score (nSPS) is 11.1. The Bertz CT molecular complexity index is 462. The topological polar surface area (TPSA) is 28.7 Å². The largest absolute Gasteiger partial charge is 0.342 e. The van der Waals surface area contributed by atoms with E-state index in [1.54, 1.807) is 6.07 Å². The average Bonchev–Trinajstić information content (AvgIpc) is 2.69. The molecule has 0 aliphatic carbocycles. The molecular weight excluding hydrogens is 203 g/mol. The monoisotopic (exact) mass is 220 g/mol. The summed E-state index contributed by atoms with van der Waals surface area (Å²) in [4.78, 5) is 7.44. The first-order valence-corrected chi connectivity index (χ1v) is 5.94. The van der Waals surface area contributed by atoms with Crippen molar-refractivity contribution in [2.75, 3.05) is 0 Å². The van der Waals surface area contributed by atoms with Crippen molar-refractivity contribution in [1.29, 1.82) is 0 Å². The molecule has 2 rings (SSSR count). The predicted octanol–water partition coefficient (Wildman–Crippen LogP) is 3.82. The molecule has 0 saturated heterocycles. The summed E-state index contributed by atoms with van der Waals surface area (Å²) in [5, 5.41) is 0. The molecule has 1 aromatic heterocycles. The number of nitrogens with one attached hydrogen (secondary N) is 1. The third kappa shape index (κ3) is 2.40. The van der Waals surface area contributed by atoms with Crippen molar-refractivity contribution < 1.29 is 4.39 Å². The summed E-state index contributed by atoms with van der Waals surface area (Å²) < 4.78 is 13.4. The van der Waals surface area contributed by atoms with Crippen LogP contribution in [-0.4, -0.2) is 9.97 Å². The summed E-state index contributed by atoms with van der Waals surface area (Å²) in [6, 6.07) is 5.02. The number of nitrogens with zero attached hydrogens (tertiary/aromatic N) is 1. The Balaban J connectivity index is 2.05. The molecule has 0 fully saturated rings. The lowest BCUT2D eigenvalue weighted by atomic mass is 10.1. The van der Waals surface area contributed by atoms with Crippen molar-refractivity contribution in [2.45, 2.75) is 39.0 Å². The Kier molecular flexibility index (Phi) is 3.54. The van der Waals surface area contributed by atoms with Gasteiger partial charge in [0, 0.05) is 6.42 Å². The Morgan fingerprint density at radius 1 is 1.25 bits per heavy atom. The maximum Gasteiger partial charge on any atom is 0.151 e. The molecule has 0 atom stereocenters. The van der Waals surface area contributed by atoms with Gasteiger partial charge in [0.25, 0.3) is 0 Å². The third-order valence-electron chi connectivity index (χ3n) is 2.78. The van der Waals surface area contributed by atoms with Gasteiger partial charge in [-0.05, 0) is 18.6 Å². The molecule has 0 aliphatic heterocycles. The van der Waals surface area contributed by atoms with Crippen molar-refractivity contribution in [3.05, 3.63) is 29.8 Å². The van der Waals surface area contributed by atoms with E-state index in [4.69, 9.17) is 0 Å². The highest BCUT2D eigenvalue weighted by Gasteiger charge is 2.06.